The summed E-state index contributed by atoms with van der Waals surface area (Å²) in [5.74, 6) is 0.632. The van der Waals surface area contributed by atoms with Crippen LogP contribution in [0.4, 0.5) is 0 Å². The lowest BCUT2D eigenvalue weighted by molar-refractivity contribution is -0.118. The van der Waals surface area contributed by atoms with Crippen molar-refractivity contribution < 1.29 is 9.90 Å². The van der Waals surface area contributed by atoms with Crippen LogP contribution < -0.4 is 10.6 Å². The zero-order valence-electron chi connectivity index (χ0n) is 7.99. The van der Waals surface area contributed by atoms with Crippen molar-refractivity contribution in [3.8, 4) is 0 Å². The first-order chi connectivity index (χ1) is 6.84. The van der Waals surface area contributed by atoms with Crippen LogP contribution in [0.2, 0.25) is 0 Å². The molecule has 0 unspecified atom stereocenters. The van der Waals surface area contributed by atoms with Gasteiger partial charge >= 0.3 is 0 Å². The van der Waals surface area contributed by atoms with Crippen molar-refractivity contribution in [3.05, 3.63) is 31.6 Å². The first kappa shape index (κ1) is 11.5. The number of aliphatic hydroxyl groups excluding tert-OH is 1. The minimum atomic E-state index is -0.0548. The van der Waals surface area contributed by atoms with Crippen LogP contribution in [0.5, 0.6) is 0 Å². The molecule has 77 valence electrons. The Morgan fingerprint density at radius 1 is 1.21 bits per heavy atom. The smallest absolute Gasteiger partial charge is 0.227 e. The van der Waals surface area contributed by atoms with Gasteiger partial charge < -0.3 is 15.7 Å². The Labute approximate surface area is 85.1 Å². The lowest BCUT2D eigenvalue weighted by Crippen LogP contribution is -2.35. The molecule has 0 aromatic rings. The van der Waals surface area contributed by atoms with Crippen LogP contribution in [-0.4, -0.2) is 37.3 Å². The Morgan fingerprint density at radius 3 is 2.57 bits per heavy atom. The van der Waals surface area contributed by atoms with E-state index in [0.29, 0.717) is 25.6 Å². The Balaban J connectivity index is 1.97. The minimum absolute atomic E-state index is 0.0548. The fraction of sp³-hybridized carbons (Fsp3) is 0.400. The highest BCUT2D eigenvalue weighted by atomic mass is 16.3. The summed E-state index contributed by atoms with van der Waals surface area (Å²) in [4.78, 5) is 11.4. The predicted octanol–water partition coefficient (Wildman–Crippen LogP) is -0.910. The Kier molecular flexibility index (Phi) is 5.56. The van der Waals surface area contributed by atoms with Gasteiger partial charge in [0, 0.05) is 19.6 Å². The monoisotopic (exact) mass is 195 g/mol. The summed E-state index contributed by atoms with van der Waals surface area (Å²) < 4.78 is 0. The number of carbonyl (C=O) groups excluding carboxylic acids is 1. The second-order valence-electron chi connectivity index (χ2n) is 2.90. The number of rotatable bonds is 6. The van der Waals surface area contributed by atoms with Crippen LogP contribution in [-0.2, 0) is 4.79 Å². The second kappa shape index (κ2) is 6.79. The van der Waals surface area contributed by atoms with E-state index in [1.165, 1.54) is 0 Å². The highest BCUT2D eigenvalue weighted by Gasteiger charge is 2.23. The average molecular weight is 195 g/mol. The standard InChI is InChI=1S/C10H15N2O2/c13-8-7-11-5-6-12-10(14)9-3-1-2-4-9/h1-4,11,13H,5-8H2,(H,12,14). The molecule has 0 heterocycles. The molecule has 0 aromatic carbocycles. The van der Waals surface area contributed by atoms with Crippen LogP contribution >= 0.6 is 0 Å². The molecular formula is C10H15N2O2. The van der Waals surface area contributed by atoms with Crippen molar-refractivity contribution in [2.75, 3.05) is 26.2 Å². The van der Waals surface area contributed by atoms with Gasteiger partial charge in [0.05, 0.1) is 12.5 Å². The first-order valence-electron chi connectivity index (χ1n) is 4.66. The molecule has 14 heavy (non-hydrogen) atoms. The fourth-order valence-electron chi connectivity index (χ4n) is 1.10. The largest absolute Gasteiger partial charge is 0.395 e. The van der Waals surface area contributed by atoms with E-state index in [9.17, 15) is 4.79 Å². The van der Waals surface area contributed by atoms with Crippen molar-refractivity contribution in [3.63, 3.8) is 0 Å². The number of amides is 1. The van der Waals surface area contributed by atoms with Gasteiger partial charge in [-0.05, 0) is 25.7 Å². The van der Waals surface area contributed by atoms with Gasteiger partial charge in [-0.2, -0.15) is 0 Å². The molecular weight excluding hydrogens is 180 g/mol. The van der Waals surface area contributed by atoms with Gasteiger partial charge in [0.2, 0.25) is 5.91 Å². The SMILES string of the molecule is O=C(NCCNCCO)[C]1[CH][CH][CH][CH]1. The van der Waals surface area contributed by atoms with Gasteiger partial charge in [-0.3, -0.25) is 4.79 Å². The van der Waals surface area contributed by atoms with E-state index in [2.05, 4.69) is 10.6 Å². The molecule has 0 saturated heterocycles. The molecule has 1 rings (SSSR count). The van der Waals surface area contributed by atoms with E-state index in [-0.39, 0.29) is 12.5 Å². The van der Waals surface area contributed by atoms with E-state index in [1.54, 1.807) is 12.8 Å². The molecule has 3 N–H and O–H groups in total. The second-order valence-corrected chi connectivity index (χ2v) is 2.90. The number of nitrogens with one attached hydrogen (secondary N) is 2. The molecule has 1 saturated carbocycles. The minimum Gasteiger partial charge on any atom is -0.395 e. The molecule has 4 nitrogen and oxygen atoms in total. The maximum absolute atomic E-state index is 11.4. The van der Waals surface area contributed by atoms with E-state index >= 15 is 0 Å². The molecule has 1 fully saturated rings. The van der Waals surface area contributed by atoms with E-state index in [0.717, 1.165) is 0 Å². The van der Waals surface area contributed by atoms with Gasteiger partial charge in [-0.15, -0.1) is 0 Å². The molecule has 0 bridgehead atoms. The normalized spacial score (nSPS) is 17.2. The van der Waals surface area contributed by atoms with Crippen molar-refractivity contribution >= 4 is 5.91 Å². The van der Waals surface area contributed by atoms with Gasteiger partial charge in [0.15, 0.2) is 0 Å². The molecule has 5 radical (unpaired) electrons. The zero-order valence-corrected chi connectivity index (χ0v) is 7.99. The van der Waals surface area contributed by atoms with Crippen molar-refractivity contribution in [2.45, 2.75) is 0 Å². The predicted molar refractivity (Wildman–Crippen MR) is 53.4 cm³/mol. The average Bonchev–Trinajstić information content (AvgIpc) is 2.70. The lowest BCUT2D eigenvalue weighted by Gasteiger charge is -2.09. The molecule has 4 heteroatoms. The van der Waals surface area contributed by atoms with Crippen LogP contribution in [0, 0.1) is 31.6 Å². The van der Waals surface area contributed by atoms with Gasteiger partial charge in [0.1, 0.15) is 0 Å². The van der Waals surface area contributed by atoms with Crippen LogP contribution in [0.25, 0.3) is 0 Å². The van der Waals surface area contributed by atoms with E-state index in [1.807, 2.05) is 12.8 Å². The fourth-order valence-corrected chi connectivity index (χ4v) is 1.10. The molecule has 1 aliphatic carbocycles. The van der Waals surface area contributed by atoms with Crippen molar-refractivity contribution in [1.29, 1.82) is 0 Å². The zero-order chi connectivity index (χ0) is 10.2. The van der Waals surface area contributed by atoms with Crippen LogP contribution in [0.1, 0.15) is 0 Å². The summed E-state index contributed by atoms with van der Waals surface area (Å²) in [5.41, 5.74) is 0. The van der Waals surface area contributed by atoms with Crippen LogP contribution in [0.3, 0.4) is 0 Å². The summed E-state index contributed by atoms with van der Waals surface area (Å²) in [6, 6.07) is 0. The van der Waals surface area contributed by atoms with Gasteiger partial charge in [-0.1, -0.05) is 0 Å². The van der Waals surface area contributed by atoms with E-state index < -0.39 is 0 Å². The molecule has 0 atom stereocenters. The summed E-state index contributed by atoms with van der Waals surface area (Å²) in [6.07, 6.45) is 7.21. The Bertz CT molecular complexity index is 168. The summed E-state index contributed by atoms with van der Waals surface area (Å²) in [7, 11) is 0. The maximum atomic E-state index is 11.4. The number of aliphatic hydroxyl groups is 1. The Hall–Kier alpha value is -0.610. The topological polar surface area (TPSA) is 61.4 Å². The summed E-state index contributed by atoms with van der Waals surface area (Å²) in [6.45, 7) is 1.93. The number of hydrogen-bond acceptors (Lipinski definition) is 3. The number of hydrogen-bond donors (Lipinski definition) is 3. The molecule has 1 aliphatic rings. The molecule has 1 amide bonds. The van der Waals surface area contributed by atoms with Gasteiger partial charge in [0.25, 0.3) is 0 Å². The maximum Gasteiger partial charge on any atom is 0.227 e. The summed E-state index contributed by atoms with van der Waals surface area (Å²) >= 11 is 0. The number of carbonyl (C=O) groups is 1. The van der Waals surface area contributed by atoms with Crippen molar-refractivity contribution in [1.82, 2.24) is 10.6 Å². The highest BCUT2D eigenvalue weighted by molar-refractivity contribution is 5.95. The summed E-state index contributed by atoms with van der Waals surface area (Å²) in [5, 5.41) is 14.2. The molecule has 0 aliphatic heterocycles. The van der Waals surface area contributed by atoms with Gasteiger partial charge in [-0.25, -0.2) is 0 Å². The third-order valence-electron chi connectivity index (χ3n) is 1.80. The van der Waals surface area contributed by atoms with E-state index in [4.69, 9.17) is 5.11 Å². The molecule has 0 spiro atoms. The highest BCUT2D eigenvalue weighted by Crippen LogP contribution is 2.22. The quantitative estimate of drug-likeness (QED) is 0.481. The van der Waals surface area contributed by atoms with Crippen molar-refractivity contribution in [2.24, 2.45) is 0 Å². The Morgan fingerprint density at radius 2 is 1.93 bits per heavy atom. The first-order valence-corrected chi connectivity index (χ1v) is 4.66. The third kappa shape index (κ3) is 4.07. The van der Waals surface area contributed by atoms with Crippen LogP contribution in [0.15, 0.2) is 0 Å². The molecule has 0 aromatic heterocycles. The lowest BCUT2D eigenvalue weighted by atomic mass is 10.1. The third-order valence-corrected chi connectivity index (χ3v) is 1.80.